The lowest BCUT2D eigenvalue weighted by molar-refractivity contribution is -0.137. The Labute approximate surface area is 128 Å². The highest BCUT2D eigenvalue weighted by atomic mass is 79.9. The van der Waals surface area contributed by atoms with Gasteiger partial charge in [-0.3, -0.25) is 14.9 Å². The molecule has 3 N–H and O–H groups in total. The zero-order valence-corrected chi connectivity index (χ0v) is 13.1. The van der Waals surface area contributed by atoms with Crippen LogP contribution in [-0.2, 0) is 16.1 Å². The Bertz CT molecular complexity index is 490. The van der Waals surface area contributed by atoms with E-state index in [1.54, 1.807) is 0 Å². The van der Waals surface area contributed by atoms with E-state index in [0.717, 1.165) is 9.35 Å². The van der Waals surface area contributed by atoms with E-state index in [1.807, 2.05) is 11.4 Å². The number of rotatable bonds is 7. The summed E-state index contributed by atoms with van der Waals surface area (Å²) in [7, 11) is 0. The minimum Gasteiger partial charge on any atom is -0.481 e. The molecular weight excluding hydrogens is 348 g/mol. The van der Waals surface area contributed by atoms with Gasteiger partial charge in [0.15, 0.2) is 0 Å². The van der Waals surface area contributed by atoms with Crippen LogP contribution in [0.1, 0.15) is 30.6 Å². The largest absolute Gasteiger partial charge is 0.481 e. The number of hydrogen-bond donors (Lipinski definition) is 3. The smallest absolute Gasteiger partial charge is 0.321 e. The van der Waals surface area contributed by atoms with Crippen molar-refractivity contribution < 1.29 is 19.5 Å². The van der Waals surface area contributed by atoms with Crippen LogP contribution in [0.5, 0.6) is 0 Å². The number of unbranched alkanes of at least 4 members (excludes halogenated alkanes) is 1. The summed E-state index contributed by atoms with van der Waals surface area (Å²) < 4.78 is 0.953. The monoisotopic (exact) mass is 362 g/mol. The van der Waals surface area contributed by atoms with Gasteiger partial charge in [-0.05, 0) is 34.8 Å². The van der Waals surface area contributed by atoms with Crippen molar-refractivity contribution in [3.8, 4) is 0 Å². The lowest BCUT2D eigenvalue weighted by atomic mass is 10.2. The van der Waals surface area contributed by atoms with Gasteiger partial charge in [-0.25, -0.2) is 4.79 Å². The van der Waals surface area contributed by atoms with E-state index in [2.05, 4.69) is 26.6 Å². The molecule has 1 aromatic rings. The first kappa shape index (κ1) is 16.6. The lowest BCUT2D eigenvalue weighted by Gasteiger charge is -2.05. The third-order valence-corrected chi connectivity index (χ3v) is 4.04. The Morgan fingerprint density at radius 1 is 1.25 bits per heavy atom. The summed E-state index contributed by atoms with van der Waals surface area (Å²) in [6.45, 7) is 0.356. The molecule has 0 aliphatic carbocycles. The van der Waals surface area contributed by atoms with E-state index in [4.69, 9.17) is 5.11 Å². The number of hydrogen-bond acceptors (Lipinski definition) is 4. The summed E-state index contributed by atoms with van der Waals surface area (Å²) in [5, 5.41) is 15.1. The molecule has 0 radical (unpaired) electrons. The van der Waals surface area contributed by atoms with Gasteiger partial charge in [-0.1, -0.05) is 0 Å². The van der Waals surface area contributed by atoms with Crippen molar-refractivity contribution in [3.05, 3.63) is 20.8 Å². The molecule has 0 aromatic carbocycles. The number of carbonyl (C=O) groups is 3. The highest BCUT2D eigenvalue weighted by molar-refractivity contribution is 9.10. The molecule has 0 unspecified atom stereocenters. The minimum absolute atomic E-state index is 0.0345. The summed E-state index contributed by atoms with van der Waals surface area (Å²) in [5.41, 5.74) is 0. The van der Waals surface area contributed by atoms with E-state index in [9.17, 15) is 14.4 Å². The summed E-state index contributed by atoms with van der Waals surface area (Å²) in [5.74, 6) is -1.29. The second-order valence-electron chi connectivity index (χ2n) is 4.06. The van der Waals surface area contributed by atoms with Crippen LogP contribution in [0.2, 0.25) is 0 Å². The fourth-order valence-electron chi connectivity index (χ4n) is 1.41. The maximum absolute atomic E-state index is 11.4. The van der Waals surface area contributed by atoms with E-state index >= 15 is 0 Å². The Kier molecular flexibility index (Phi) is 7.24. The molecule has 0 aliphatic heterocycles. The molecule has 20 heavy (non-hydrogen) atoms. The molecule has 0 aliphatic rings. The quantitative estimate of drug-likeness (QED) is 0.649. The number of urea groups is 1. The summed E-state index contributed by atoms with van der Waals surface area (Å²) in [6, 6.07) is 1.34. The van der Waals surface area contributed by atoms with Crippen LogP contribution in [0, 0.1) is 0 Å². The van der Waals surface area contributed by atoms with Gasteiger partial charge >= 0.3 is 12.0 Å². The van der Waals surface area contributed by atoms with Gasteiger partial charge in [0.25, 0.3) is 0 Å². The zero-order valence-electron chi connectivity index (χ0n) is 10.6. The second-order valence-corrected chi connectivity index (χ2v) is 5.97. The van der Waals surface area contributed by atoms with Gasteiger partial charge in [0.2, 0.25) is 5.91 Å². The normalized spacial score (nSPS) is 10.1. The Hall–Kier alpha value is -1.41. The van der Waals surface area contributed by atoms with Gasteiger partial charge in [0.1, 0.15) is 0 Å². The van der Waals surface area contributed by atoms with Gasteiger partial charge in [-0.15, -0.1) is 11.3 Å². The minimum atomic E-state index is -0.884. The van der Waals surface area contributed by atoms with Crippen LogP contribution in [0.3, 0.4) is 0 Å². The Balaban J connectivity index is 2.14. The molecule has 0 bridgehead atoms. The third-order valence-electron chi connectivity index (χ3n) is 2.34. The number of carboxylic acids is 1. The van der Waals surface area contributed by atoms with Crippen LogP contribution in [0.15, 0.2) is 15.9 Å². The molecule has 0 saturated heterocycles. The maximum atomic E-state index is 11.4. The zero-order chi connectivity index (χ0) is 15.0. The Morgan fingerprint density at radius 3 is 2.55 bits per heavy atom. The van der Waals surface area contributed by atoms with Crippen LogP contribution >= 0.6 is 27.3 Å². The van der Waals surface area contributed by atoms with E-state index in [0.29, 0.717) is 19.4 Å². The third kappa shape index (κ3) is 7.25. The molecule has 1 aromatic heterocycles. The van der Waals surface area contributed by atoms with Crippen LogP contribution in [-0.4, -0.2) is 23.0 Å². The number of amides is 3. The molecule has 1 heterocycles. The predicted octanol–water partition coefficient (Wildman–Crippen LogP) is 2.48. The van der Waals surface area contributed by atoms with Crippen molar-refractivity contribution in [2.75, 3.05) is 0 Å². The average Bonchev–Trinajstić information content (AvgIpc) is 2.78. The highest BCUT2D eigenvalue weighted by Gasteiger charge is 2.08. The molecule has 1 rings (SSSR count). The number of thiophene rings is 1. The molecule has 0 atom stereocenters. The lowest BCUT2D eigenvalue weighted by Crippen LogP contribution is -2.38. The summed E-state index contributed by atoms with van der Waals surface area (Å²) >= 11 is 4.81. The van der Waals surface area contributed by atoms with Crippen molar-refractivity contribution in [2.24, 2.45) is 0 Å². The van der Waals surface area contributed by atoms with E-state index in [1.165, 1.54) is 11.3 Å². The number of halogens is 1. The first-order valence-corrected chi connectivity index (χ1v) is 7.67. The molecule has 0 saturated carbocycles. The van der Waals surface area contributed by atoms with Crippen molar-refractivity contribution in [1.29, 1.82) is 0 Å². The summed E-state index contributed by atoms with van der Waals surface area (Å²) in [4.78, 5) is 34.1. The SMILES string of the molecule is O=C(O)CCCCC(=O)NC(=O)NCc1cc(Br)cs1. The Morgan fingerprint density at radius 2 is 1.95 bits per heavy atom. The predicted molar refractivity (Wildman–Crippen MR) is 78.5 cm³/mol. The fourth-order valence-corrected chi connectivity index (χ4v) is 2.80. The van der Waals surface area contributed by atoms with Crippen molar-refractivity contribution in [2.45, 2.75) is 32.2 Å². The van der Waals surface area contributed by atoms with Gasteiger partial charge in [-0.2, -0.15) is 0 Å². The van der Waals surface area contributed by atoms with Crippen LogP contribution < -0.4 is 10.6 Å². The molecular formula is C12H15BrN2O4S. The first-order valence-electron chi connectivity index (χ1n) is 6.00. The molecule has 3 amide bonds. The maximum Gasteiger partial charge on any atom is 0.321 e. The van der Waals surface area contributed by atoms with Gasteiger partial charge in [0, 0.05) is 27.6 Å². The highest BCUT2D eigenvalue weighted by Crippen LogP contribution is 2.19. The first-order chi connectivity index (χ1) is 9.47. The average molecular weight is 363 g/mol. The molecule has 8 heteroatoms. The molecule has 110 valence electrons. The second kappa shape index (κ2) is 8.70. The molecule has 0 spiro atoms. The van der Waals surface area contributed by atoms with Gasteiger partial charge < -0.3 is 10.4 Å². The van der Waals surface area contributed by atoms with Gasteiger partial charge in [0.05, 0.1) is 6.54 Å². The standard InChI is InChI=1S/C12H15BrN2O4S/c13-8-5-9(20-7-8)6-14-12(19)15-10(16)3-1-2-4-11(17)18/h5,7H,1-4,6H2,(H,17,18)(H2,14,15,16,19). The van der Waals surface area contributed by atoms with E-state index < -0.39 is 17.9 Å². The van der Waals surface area contributed by atoms with Crippen molar-refractivity contribution in [1.82, 2.24) is 10.6 Å². The summed E-state index contributed by atoms with van der Waals surface area (Å²) in [6.07, 6.45) is 1.05. The fraction of sp³-hybridized carbons (Fsp3) is 0.417. The van der Waals surface area contributed by atoms with Crippen LogP contribution in [0.4, 0.5) is 4.79 Å². The number of nitrogens with one attached hydrogen (secondary N) is 2. The molecule has 6 nitrogen and oxygen atoms in total. The van der Waals surface area contributed by atoms with Crippen molar-refractivity contribution >= 4 is 45.2 Å². The van der Waals surface area contributed by atoms with Crippen LogP contribution in [0.25, 0.3) is 0 Å². The van der Waals surface area contributed by atoms with E-state index in [-0.39, 0.29) is 12.8 Å². The molecule has 0 fully saturated rings. The topological polar surface area (TPSA) is 95.5 Å². The number of imide groups is 1. The van der Waals surface area contributed by atoms with Crippen molar-refractivity contribution in [3.63, 3.8) is 0 Å². The number of carboxylic acid groups (broad SMARTS) is 1. The number of carbonyl (C=O) groups excluding carboxylic acids is 2. The number of aliphatic carboxylic acids is 1.